The Kier molecular flexibility index (Phi) is 5.23. The molecule has 0 bridgehead atoms. The van der Waals surface area contributed by atoms with Gasteiger partial charge in [0.2, 0.25) is 11.7 Å². The molecule has 23 heavy (non-hydrogen) atoms. The topological polar surface area (TPSA) is 99.4 Å². The van der Waals surface area contributed by atoms with Gasteiger partial charge in [-0.15, -0.1) is 10.2 Å². The molecule has 0 aliphatic heterocycles. The monoisotopic (exact) mass is 319 g/mol. The van der Waals surface area contributed by atoms with Gasteiger partial charge in [-0.1, -0.05) is 12.1 Å². The summed E-state index contributed by atoms with van der Waals surface area (Å²) in [6, 6.07) is 7.20. The first-order chi connectivity index (χ1) is 11.0. The molecular weight excluding hydrogens is 302 g/mol. The van der Waals surface area contributed by atoms with Crippen LogP contribution in [0.4, 0.5) is 0 Å². The Morgan fingerprint density at radius 1 is 1.30 bits per heavy atom. The first kappa shape index (κ1) is 16.4. The quantitative estimate of drug-likeness (QED) is 0.690. The third-order valence-electron chi connectivity index (χ3n) is 3.08. The van der Waals surface area contributed by atoms with Gasteiger partial charge in [-0.2, -0.15) is 4.80 Å². The predicted octanol–water partition coefficient (Wildman–Crippen LogP) is -0.0199. The third kappa shape index (κ3) is 4.25. The first-order valence-electron chi connectivity index (χ1n) is 6.76. The highest BCUT2D eigenvalue weighted by Crippen LogP contribution is 2.19. The lowest BCUT2D eigenvalue weighted by Gasteiger charge is -2.14. The molecule has 0 N–H and O–H groups in total. The van der Waals surface area contributed by atoms with Crippen LogP contribution in [0.25, 0.3) is 11.4 Å². The van der Waals surface area contributed by atoms with Crippen LogP contribution in [0.3, 0.4) is 0 Å². The van der Waals surface area contributed by atoms with Crippen LogP contribution < -0.4 is 4.74 Å². The lowest BCUT2D eigenvalue weighted by molar-refractivity contribution is -0.146. The van der Waals surface area contributed by atoms with E-state index in [4.69, 9.17) is 4.74 Å². The minimum Gasteiger partial charge on any atom is -0.497 e. The second-order valence-corrected chi connectivity index (χ2v) is 4.70. The molecule has 1 heterocycles. The lowest BCUT2D eigenvalue weighted by Crippen LogP contribution is -2.35. The van der Waals surface area contributed by atoms with Gasteiger partial charge >= 0.3 is 5.97 Å². The van der Waals surface area contributed by atoms with Crippen molar-refractivity contribution in [3.05, 3.63) is 24.3 Å². The van der Waals surface area contributed by atoms with E-state index in [1.807, 2.05) is 12.1 Å². The van der Waals surface area contributed by atoms with Crippen molar-refractivity contribution in [2.45, 2.75) is 6.54 Å². The maximum absolute atomic E-state index is 12.0. The SMILES string of the molecule is COC(=O)CN(C)C(=O)Cn1nnc(-c2cccc(OC)c2)n1. The Hall–Kier alpha value is -2.97. The molecule has 1 amide bonds. The Balaban J connectivity index is 2.04. The Labute approximate surface area is 132 Å². The molecule has 1 aromatic heterocycles. The summed E-state index contributed by atoms with van der Waals surface area (Å²) in [5, 5.41) is 11.9. The molecule has 0 unspecified atom stereocenters. The maximum atomic E-state index is 12.0. The van der Waals surface area contributed by atoms with E-state index in [1.165, 1.54) is 23.9 Å². The minimum absolute atomic E-state index is 0.121. The lowest BCUT2D eigenvalue weighted by atomic mass is 10.2. The summed E-state index contributed by atoms with van der Waals surface area (Å²) < 4.78 is 9.65. The fourth-order valence-electron chi connectivity index (χ4n) is 1.78. The number of aromatic nitrogens is 4. The number of rotatable bonds is 6. The van der Waals surface area contributed by atoms with E-state index < -0.39 is 5.97 Å². The number of esters is 1. The van der Waals surface area contributed by atoms with Crippen molar-refractivity contribution in [1.82, 2.24) is 25.1 Å². The summed E-state index contributed by atoms with van der Waals surface area (Å²) in [6.07, 6.45) is 0. The number of ether oxygens (including phenoxy) is 2. The van der Waals surface area contributed by atoms with Crippen molar-refractivity contribution in [2.75, 3.05) is 27.8 Å². The zero-order chi connectivity index (χ0) is 16.8. The molecule has 9 nitrogen and oxygen atoms in total. The van der Waals surface area contributed by atoms with Gasteiger partial charge in [0.15, 0.2) is 0 Å². The van der Waals surface area contributed by atoms with Gasteiger partial charge in [0, 0.05) is 12.6 Å². The van der Waals surface area contributed by atoms with Crippen LogP contribution in [-0.4, -0.2) is 64.8 Å². The van der Waals surface area contributed by atoms with E-state index in [-0.39, 0.29) is 19.0 Å². The van der Waals surface area contributed by atoms with Crippen LogP contribution >= 0.6 is 0 Å². The van der Waals surface area contributed by atoms with Crippen LogP contribution in [0.1, 0.15) is 0 Å². The average Bonchev–Trinajstić information content (AvgIpc) is 3.03. The largest absolute Gasteiger partial charge is 0.497 e. The molecule has 0 aliphatic carbocycles. The number of likely N-dealkylation sites (N-methyl/N-ethyl adjacent to an activating group) is 1. The van der Waals surface area contributed by atoms with E-state index >= 15 is 0 Å². The zero-order valence-electron chi connectivity index (χ0n) is 13.1. The number of methoxy groups -OCH3 is 2. The van der Waals surface area contributed by atoms with E-state index in [2.05, 4.69) is 20.1 Å². The Bertz CT molecular complexity index is 700. The number of carbonyl (C=O) groups is 2. The summed E-state index contributed by atoms with van der Waals surface area (Å²) in [7, 11) is 4.33. The molecule has 0 spiro atoms. The van der Waals surface area contributed by atoms with Gasteiger partial charge < -0.3 is 14.4 Å². The van der Waals surface area contributed by atoms with Crippen LogP contribution in [-0.2, 0) is 20.9 Å². The van der Waals surface area contributed by atoms with Crippen molar-refractivity contribution in [3.8, 4) is 17.1 Å². The van der Waals surface area contributed by atoms with Gasteiger partial charge in [-0.25, -0.2) is 0 Å². The fourth-order valence-corrected chi connectivity index (χ4v) is 1.78. The highest BCUT2D eigenvalue weighted by atomic mass is 16.5. The van der Waals surface area contributed by atoms with E-state index in [9.17, 15) is 9.59 Å². The van der Waals surface area contributed by atoms with Gasteiger partial charge in [-0.05, 0) is 17.3 Å². The molecule has 0 aliphatic rings. The average molecular weight is 319 g/mol. The van der Waals surface area contributed by atoms with Crippen LogP contribution in [0.2, 0.25) is 0 Å². The number of amides is 1. The van der Waals surface area contributed by atoms with Crippen molar-refractivity contribution in [1.29, 1.82) is 0 Å². The predicted molar refractivity (Wildman–Crippen MR) is 79.5 cm³/mol. The van der Waals surface area contributed by atoms with Crippen LogP contribution in [0, 0.1) is 0 Å². The second kappa shape index (κ2) is 7.34. The molecule has 122 valence electrons. The molecule has 0 saturated carbocycles. The van der Waals surface area contributed by atoms with Crippen LogP contribution in [0.5, 0.6) is 5.75 Å². The third-order valence-corrected chi connectivity index (χ3v) is 3.08. The summed E-state index contributed by atoms with van der Waals surface area (Å²) in [4.78, 5) is 25.5. The van der Waals surface area contributed by atoms with Gasteiger partial charge in [0.25, 0.3) is 0 Å². The molecule has 9 heteroatoms. The molecule has 2 aromatic rings. The zero-order valence-corrected chi connectivity index (χ0v) is 13.1. The van der Waals surface area contributed by atoms with Gasteiger partial charge in [-0.3, -0.25) is 9.59 Å². The maximum Gasteiger partial charge on any atom is 0.325 e. The Morgan fingerprint density at radius 2 is 2.09 bits per heavy atom. The second-order valence-electron chi connectivity index (χ2n) is 4.70. The minimum atomic E-state index is -0.496. The van der Waals surface area contributed by atoms with Crippen molar-refractivity contribution < 1.29 is 19.1 Å². The normalized spacial score (nSPS) is 10.2. The highest BCUT2D eigenvalue weighted by molar-refractivity contribution is 5.81. The number of tetrazole rings is 1. The number of carbonyl (C=O) groups excluding carboxylic acids is 2. The van der Waals surface area contributed by atoms with Crippen molar-refractivity contribution >= 4 is 11.9 Å². The van der Waals surface area contributed by atoms with Crippen LogP contribution in [0.15, 0.2) is 24.3 Å². The van der Waals surface area contributed by atoms with E-state index in [0.717, 1.165) is 5.56 Å². The Morgan fingerprint density at radius 3 is 2.78 bits per heavy atom. The van der Waals surface area contributed by atoms with E-state index in [1.54, 1.807) is 19.2 Å². The van der Waals surface area contributed by atoms with Gasteiger partial charge in [0.05, 0.1) is 14.2 Å². The number of benzene rings is 1. The summed E-state index contributed by atoms with van der Waals surface area (Å²) in [5.41, 5.74) is 0.728. The highest BCUT2D eigenvalue weighted by Gasteiger charge is 2.15. The molecular formula is C14H17N5O4. The molecule has 0 radical (unpaired) electrons. The van der Waals surface area contributed by atoms with Crippen molar-refractivity contribution in [3.63, 3.8) is 0 Å². The van der Waals surface area contributed by atoms with Gasteiger partial charge in [0.1, 0.15) is 18.8 Å². The molecule has 0 fully saturated rings. The standard InChI is InChI=1S/C14H17N5O4/c1-18(9-13(21)23-3)12(20)8-19-16-14(15-17-19)10-5-4-6-11(7-10)22-2/h4-7H,8-9H2,1-3H3. The fraction of sp³-hybridized carbons (Fsp3) is 0.357. The number of nitrogens with zero attached hydrogens (tertiary/aromatic N) is 5. The van der Waals surface area contributed by atoms with E-state index in [0.29, 0.717) is 11.6 Å². The molecule has 1 aromatic carbocycles. The summed E-state index contributed by atoms with van der Waals surface area (Å²) >= 11 is 0. The summed E-state index contributed by atoms with van der Waals surface area (Å²) in [5.74, 6) is 0.231. The number of hydrogen-bond donors (Lipinski definition) is 0. The van der Waals surface area contributed by atoms with Crippen molar-refractivity contribution in [2.24, 2.45) is 0 Å². The molecule has 0 saturated heterocycles. The smallest absolute Gasteiger partial charge is 0.325 e. The summed E-state index contributed by atoms with van der Waals surface area (Å²) in [6.45, 7) is -0.253. The first-order valence-corrected chi connectivity index (χ1v) is 6.76. The molecule has 2 rings (SSSR count). The number of hydrogen-bond acceptors (Lipinski definition) is 7. The molecule has 0 atom stereocenters.